The molecule has 0 spiro atoms. The summed E-state index contributed by atoms with van der Waals surface area (Å²) in [6, 6.07) is 11.7. The molecule has 2 aliphatic rings. The fraction of sp³-hybridized carbons (Fsp3) is 0.560. The van der Waals surface area contributed by atoms with Crippen molar-refractivity contribution in [3.63, 3.8) is 0 Å². The van der Waals surface area contributed by atoms with Gasteiger partial charge in [-0.2, -0.15) is 0 Å². The lowest BCUT2D eigenvalue weighted by Gasteiger charge is -2.48. The highest BCUT2D eigenvalue weighted by Crippen LogP contribution is 2.28. The largest absolute Gasteiger partial charge is 0.354 e. The minimum Gasteiger partial charge on any atom is -0.354 e. The number of sulfonamides is 1. The topological polar surface area (TPSA) is 68.8 Å². The molecule has 2 fully saturated rings. The zero-order chi connectivity index (χ0) is 24.3. The van der Waals surface area contributed by atoms with Gasteiger partial charge in [0.05, 0.1) is 18.1 Å². The summed E-state index contributed by atoms with van der Waals surface area (Å²) in [4.78, 5) is 12.3. The van der Waals surface area contributed by atoms with E-state index < -0.39 is 10.0 Å². The summed E-state index contributed by atoms with van der Waals surface area (Å²) in [5.41, 5.74) is 2.89. The van der Waals surface area contributed by atoms with Gasteiger partial charge < -0.3 is 4.90 Å². The number of nitrogens with zero attached hydrogens (tertiary/aromatic N) is 4. The first-order valence-electron chi connectivity index (χ1n) is 12.1. The lowest BCUT2D eigenvalue weighted by molar-refractivity contribution is 0.0610. The Labute approximate surface area is 212 Å². The van der Waals surface area contributed by atoms with Gasteiger partial charge in [0, 0.05) is 42.7 Å². The van der Waals surface area contributed by atoms with Crippen LogP contribution in [-0.2, 0) is 16.6 Å². The van der Waals surface area contributed by atoms with E-state index in [2.05, 4.69) is 71.5 Å². The van der Waals surface area contributed by atoms with E-state index in [1.54, 1.807) is 6.20 Å². The van der Waals surface area contributed by atoms with E-state index in [0.29, 0.717) is 17.8 Å². The summed E-state index contributed by atoms with van der Waals surface area (Å²) in [7, 11) is -3.30. The van der Waals surface area contributed by atoms with Gasteiger partial charge in [0.25, 0.3) is 0 Å². The number of likely N-dealkylation sites (tertiary alicyclic amines) is 1. The number of pyridine rings is 1. The Kier molecular flexibility index (Phi) is 8.17. The van der Waals surface area contributed by atoms with Crippen molar-refractivity contribution in [1.82, 2.24) is 14.8 Å². The summed E-state index contributed by atoms with van der Waals surface area (Å²) in [6.07, 6.45) is 6.33. The molecule has 0 unspecified atom stereocenters. The number of nitrogens with one attached hydrogen (secondary N) is 1. The number of piperazine rings is 1. The van der Waals surface area contributed by atoms with E-state index >= 15 is 0 Å². The van der Waals surface area contributed by atoms with Gasteiger partial charge in [0.2, 0.25) is 10.0 Å². The second-order valence-electron chi connectivity index (χ2n) is 9.62. The predicted octanol–water partition coefficient (Wildman–Crippen LogP) is 4.09. The molecule has 7 nitrogen and oxygen atoms in total. The van der Waals surface area contributed by atoms with Crippen LogP contribution in [0.4, 0.5) is 11.5 Å². The number of piperidine rings is 1. The minimum atomic E-state index is -3.30. The highest BCUT2D eigenvalue weighted by atomic mass is 79.9. The molecule has 0 aliphatic carbocycles. The number of hydrogen-bond acceptors (Lipinski definition) is 6. The maximum Gasteiger partial charge on any atom is 0.229 e. The fourth-order valence-electron chi connectivity index (χ4n) is 5.33. The van der Waals surface area contributed by atoms with Gasteiger partial charge in [-0.25, -0.2) is 13.4 Å². The molecule has 0 amide bonds. The molecule has 0 saturated carbocycles. The van der Waals surface area contributed by atoms with E-state index in [9.17, 15) is 8.42 Å². The minimum absolute atomic E-state index is 0.506. The lowest BCUT2D eigenvalue weighted by atomic mass is 9.97. The molecule has 2 saturated heterocycles. The van der Waals surface area contributed by atoms with Crippen LogP contribution in [0.3, 0.4) is 0 Å². The third-order valence-corrected chi connectivity index (χ3v) is 8.13. The number of aryl methyl sites for hydroxylation is 1. The maximum atomic E-state index is 11.5. The predicted molar refractivity (Wildman–Crippen MR) is 143 cm³/mol. The Morgan fingerprint density at radius 1 is 1.12 bits per heavy atom. The molecule has 1 aromatic carbocycles. The number of rotatable bonds is 7. The van der Waals surface area contributed by atoms with Crippen LogP contribution in [0.5, 0.6) is 0 Å². The Morgan fingerprint density at radius 2 is 1.82 bits per heavy atom. The molecule has 1 aromatic heterocycles. The zero-order valence-corrected chi connectivity index (χ0v) is 22.8. The number of anilines is 2. The molecule has 2 aromatic rings. The summed E-state index contributed by atoms with van der Waals surface area (Å²) < 4.78 is 26.7. The molecule has 2 aliphatic heterocycles. The molecule has 1 atom stereocenters. The van der Waals surface area contributed by atoms with E-state index in [4.69, 9.17) is 0 Å². The molecule has 1 N–H and O–H groups in total. The molecule has 186 valence electrons. The van der Waals surface area contributed by atoms with Gasteiger partial charge in [-0.15, -0.1) is 0 Å². The average Bonchev–Trinajstić information content (AvgIpc) is 2.80. The first kappa shape index (κ1) is 25.4. The molecule has 3 heterocycles. The van der Waals surface area contributed by atoms with Crippen molar-refractivity contribution in [3.05, 3.63) is 52.1 Å². The summed E-state index contributed by atoms with van der Waals surface area (Å²) in [5.74, 6) is 0.960. The Bertz CT molecular complexity index is 1070. The van der Waals surface area contributed by atoms with Gasteiger partial charge in [0.15, 0.2) is 0 Å². The third-order valence-electron chi connectivity index (χ3n) is 7.00. The molecule has 0 bridgehead atoms. The van der Waals surface area contributed by atoms with Crippen molar-refractivity contribution in [1.29, 1.82) is 0 Å². The van der Waals surface area contributed by atoms with Crippen molar-refractivity contribution >= 4 is 37.5 Å². The molecular formula is C25H36BrN5O2S. The van der Waals surface area contributed by atoms with E-state index in [-0.39, 0.29) is 0 Å². The number of hydrogen-bond donors (Lipinski definition) is 1. The first-order chi connectivity index (χ1) is 16.2. The van der Waals surface area contributed by atoms with E-state index in [0.717, 1.165) is 67.8 Å². The van der Waals surface area contributed by atoms with Gasteiger partial charge in [-0.3, -0.25) is 14.5 Å². The van der Waals surface area contributed by atoms with Crippen molar-refractivity contribution in [2.24, 2.45) is 0 Å². The Balaban J connectivity index is 1.34. The summed E-state index contributed by atoms with van der Waals surface area (Å²) in [5, 5.41) is 0. The first-order valence-corrected chi connectivity index (χ1v) is 14.8. The van der Waals surface area contributed by atoms with Crippen LogP contribution in [0.15, 0.2) is 41.0 Å². The monoisotopic (exact) mass is 549 g/mol. The number of benzene rings is 1. The van der Waals surface area contributed by atoms with Crippen LogP contribution in [0.25, 0.3) is 0 Å². The normalized spacial score (nSPS) is 21.1. The second-order valence-corrected chi connectivity index (χ2v) is 12.3. The Morgan fingerprint density at radius 3 is 2.44 bits per heavy atom. The van der Waals surface area contributed by atoms with Crippen LogP contribution < -0.4 is 9.62 Å². The highest BCUT2D eigenvalue weighted by molar-refractivity contribution is 9.10. The average molecular weight is 551 g/mol. The third kappa shape index (κ3) is 6.50. The van der Waals surface area contributed by atoms with Crippen molar-refractivity contribution in [2.75, 3.05) is 48.6 Å². The zero-order valence-electron chi connectivity index (χ0n) is 20.4. The molecule has 0 radical (unpaired) electrons. The van der Waals surface area contributed by atoms with Crippen LogP contribution in [0.1, 0.15) is 37.3 Å². The van der Waals surface area contributed by atoms with Crippen molar-refractivity contribution in [3.8, 4) is 0 Å². The van der Waals surface area contributed by atoms with Crippen molar-refractivity contribution < 1.29 is 8.42 Å². The lowest BCUT2D eigenvalue weighted by Crippen LogP contribution is -2.58. The fourth-order valence-corrected chi connectivity index (χ4v) is 6.14. The molecule has 4 rings (SSSR count). The van der Waals surface area contributed by atoms with Gasteiger partial charge in [-0.1, -0.05) is 35.0 Å². The van der Waals surface area contributed by atoms with Crippen LogP contribution in [0.2, 0.25) is 0 Å². The van der Waals surface area contributed by atoms with Crippen LogP contribution in [-0.4, -0.2) is 74.3 Å². The van der Waals surface area contributed by atoms with Gasteiger partial charge in [0.1, 0.15) is 5.82 Å². The Hall–Kier alpha value is -1.68. The van der Waals surface area contributed by atoms with Crippen LogP contribution >= 0.6 is 15.9 Å². The SMILES string of the molecule is CC[C@H]1CN(c2ncc(NS(C)(=O)=O)cc2C)CCN1C1CCN(Cc2ccc(Br)cc2)CC1. The van der Waals surface area contributed by atoms with Crippen LogP contribution in [0, 0.1) is 6.92 Å². The summed E-state index contributed by atoms with van der Waals surface area (Å²) >= 11 is 3.52. The number of aromatic nitrogens is 1. The second kappa shape index (κ2) is 10.9. The highest BCUT2D eigenvalue weighted by Gasteiger charge is 2.33. The molecule has 9 heteroatoms. The standard InChI is InChI=1S/C25H36BrN5O2S/c1-4-23-18-30(25-19(2)15-22(16-27-25)28-34(3,32)33)13-14-31(23)24-9-11-29(12-10-24)17-20-5-7-21(26)8-6-20/h5-8,15-16,23-24,28H,4,9-14,17-18H2,1-3H3/t23-/m0/s1. The smallest absolute Gasteiger partial charge is 0.229 e. The quantitative estimate of drug-likeness (QED) is 0.561. The van der Waals surface area contributed by atoms with E-state index in [1.807, 2.05) is 13.0 Å². The maximum absolute atomic E-state index is 11.5. The summed E-state index contributed by atoms with van der Waals surface area (Å²) in [6.45, 7) is 10.6. The van der Waals surface area contributed by atoms with Gasteiger partial charge in [-0.05, 0) is 68.6 Å². The molecule has 34 heavy (non-hydrogen) atoms. The van der Waals surface area contributed by atoms with Crippen molar-refractivity contribution in [2.45, 2.75) is 51.7 Å². The molecular weight excluding hydrogens is 514 g/mol. The van der Waals surface area contributed by atoms with Gasteiger partial charge >= 0.3 is 0 Å². The number of halogens is 1. The van der Waals surface area contributed by atoms with E-state index in [1.165, 1.54) is 18.4 Å².